The Bertz CT molecular complexity index is 1350. The summed E-state index contributed by atoms with van der Waals surface area (Å²) in [7, 11) is -2.63. The van der Waals surface area contributed by atoms with E-state index in [0.29, 0.717) is 26.9 Å². The van der Waals surface area contributed by atoms with Crippen LogP contribution in [0.3, 0.4) is 0 Å². The Morgan fingerprint density at radius 3 is 2.22 bits per heavy atom. The first kappa shape index (κ1) is 27.5. The van der Waals surface area contributed by atoms with Gasteiger partial charge in [0.05, 0.1) is 10.6 Å². The van der Waals surface area contributed by atoms with Crippen molar-refractivity contribution in [3.8, 4) is 0 Å². The van der Waals surface area contributed by atoms with Gasteiger partial charge in [0.2, 0.25) is 11.8 Å². The van der Waals surface area contributed by atoms with Crippen molar-refractivity contribution < 1.29 is 18.0 Å². The normalized spacial score (nSPS) is 12.0. The lowest BCUT2D eigenvalue weighted by Crippen LogP contribution is -2.50. The molecule has 190 valence electrons. The van der Waals surface area contributed by atoms with Crippen molar-refractivity contribution in [2.75, 3.05) is 17.9 Å². The highest BCUT2D eigenvalue weighted by Crippen LogP contribution is 2.28. The first-order chi connectivity index (χ1) is 17.1. The fraction of sp³-hybridized carbons (Fsp3) is 0.231. The minimum Gasteiger partial charge on any atom is -0.357 e. The third kappa shape index (κ3) is 6.19. The Kier molecular flexibility index (Phi) is 9.00. The van der Waals surface area contributed by atoms with E-state index < -0.39 is 34.4 Å². The number of carbonyl (C=O) groups is 2. The van der Waals surface area contributed by atoms with Gasteiger partial charge in [0, 0.05) is 23.6 Å². The number of anilines is 1. The van der Waals surface area contributed by atoms with Gasteiger partial charge in [0.15, 0.2) is 0 Å². The van der Waals surface area contributed by atoms with Crippen LogP contribution in [-0.4, -0.2) is 44.8 Å². The van der Waals surface area contributed by atoms with Gasteiger partial charge in [0.25, 0.3) is 10.0 Å². The molecule has 0 aromatic heterocycles. The lowest BCUT2D eigenvalue weighted by atomic mass is 10.1. The molecule has 10 heteroatoms. The smallest absolute Gasteiger partial charge is 0.264 e. The average Bonchev–Trinajstić information content (AvgIpc) is 2.86. The van der Waals surface area contributed by atoms with Gasteiger partial charge in [-0.1, -0.05) is 65.7 Å². The molecule has 0 heterocycles. The first-order valence-electron chi connectivity index (χ1n) is 11.1. The Morgan fingerprint density at radius 1 is 0.972 bits per heavy atom. The van der Waals surface area contributed by atoms with Gasteiger partial charge in [0.1, 0.15) is 12.6 Å². The number of aryl methyl sites for hydroxylation is 1. The summed E-state index contributed by atoms with van der Waals surface area (Å²) in [5.41, 5.74) is 1.61. The van der Waals surface area contributed by atoms with E-state index >= 15 is 0 Å². The third-order valence-corrected chi connectivity index (χ3v) is 8.12. The number of carbonyl (C=O) groups excluding carboxylic acids is 2. The van der Waals surface area contributed by atoms with E-state index in [-0.39, 0.29) is 11.4 Å². The molecule has 3 aromatic carbocycles. The van der Waals surface area contributed by atoms with Crippen LogP contribution in [0.5, 0.6) is 0 Å². The van der Waals surface area contributed by atoms with Gasteiger partial charge in [-0.05, 0) is 55.3 Å². The first-order valence-corrected chi connectivity index (χ1v) is 13.3. The van der Waals surface area contributed by atoms with Gasteiger partial charge in [-0.3, -0.25) is 13.9 Å². The fourth-order valence-electron chi connectivity index (χ4n) is 3.70. The number of nitrogens with one attached hydrogen (secondary N) is 1. The molecule has 7 nitrogen and oxygen atoms in total. The summed E-state index contributed by atoms with van der Waals surface area (Å²) in [6.45, 7) is 2.81. The molecule has 36 heavy (non-hydrogen) atoms. The molecule has 3 rings (SSSR count). The fourth-order valence-corrected chi connectivity index (χ4v) is 5.67. The zero-order chi connectivity index (χ0) is 26.5. The third-order valence-electron chi connectivity index (χ3n) is 5.76. The molecule has 2 amide bonds. The second kappa shape index (κ2) is 11.8. The minimum atomic E-state index is -4.10. The number of rotatable bonds is 9. The van der Waals surface area contributed by atoms with E-state index in [0.717, 1.165) is 4.31 Å². The largest absolute Gasteiger partial charge is 0.357 e. The molecule has 0 aliphatic heterocycles. The van der Waals surface area contributed by atoms with Crippen LogP contribution in [0.4, 0.5) is 5.69 Å². The summed E-state index contributed by atoms with van der Waals surface area (Å²) < 4.78 is 28.5. The maximum atomic E-state index is 13.7. The Hall–Kier alpha value is -3.07. The number of benzene rings is 3. The van der Waals surface area contributed by atoms with Crippen LogP contribution < -0.4 is 9.62 Å². The van der Waals surface area contributed by atoms with Crippen LogP contribution in [-0.2, 0) is 26.2 Å². The van der Waals surface area contributed by atoms with Gasteiger partial charge < -0.3 is 10.2 Å². The van der Waals surface area contributed by atoms with E-state index in [2.05, 4.69) is 5.32 Å². The Labute approximate surface area is 221 Å². The number of sulfonamides is 1. The molecule has 0 aliphatic rings. The van der Waals surface area contributed by atoms with Crippen LogP contribution in [0, 0.1) is 6.92 Å². The zero-order valence-corrected chi connectivity index (χ0v) is 22.4. The quantitative estimate of drug-likeness (QED) is 0.422. The highest BCUT2D eigenvalue weighted by atomic mass is 35.5. The van der Waals surface area contributed by atoms with Gasteiger partial charge in [-0.25, -0.2) is 8.42 Å². The number of likely N-dealkylation sites (N-methyl/N-ethyl adjacent to an activating group) is 1. The maximum absolute atomic E-state index is 13.7. The second-order valence-corrected chi connectivity index (χ2v) is 10.9. The van der Waals surface area contributed by atoms with E-state index in [9.17, 15) is 18.0 Å². The van der Waals surface area contributed by atoms with Gasteiger partial charge >= 0.3 is 0 Å². The van der Waals surface area contributed by atoms with Crippen molar-refractivity contribution in [2.24, 2.45) is 0 Å². The highest BCUT2D eigenvalue weighted by molar-refractivity contribution is 7.92. The number of amides is 2. The van der Waals surface area contributed by atoms with Crippen LogP contribution in [0.25, 0.3) is 0 Å². The van der Waals surface area contributed by atoms with E-state index in [1.54, 1.807) is 74.5 Å². The van der Waals surface area contributed by atoms with E-state index in [1.165, 1.54) is 24.1 Å². The van der Waals surface area contributed by atoms with Crippen molar-refractivity contribution in [1.82, 2.24) is 10.2 Å². The van der Waals surface area contributed by atoms with Crippen molar-refractivity contribution >= 4 is 50.7 Å². The standard InChI is InChI=1S/C26H27Cl2N3O4S/c1-18-9-7-8-12-24(18)31(36(34,35)22-10-5-4-6-11-22)17-25(32)30(19(2)26(33)29-3)16-20-13-14-21(27)15-23(20)28/h4-15,19H,16-17H2,1-3H3,(H,29,33). The zero-order valence-electron chi connectivity index (χ0n) is 20.1. The van der Waals surface area contributed by atoms with Crippen LogP contribution >= 0.6 is 23.2 Å². The lowest BCUT2D eigenvalue weighted by Gasteiger charge is -2.32. The van der Waals surface area contributed by atoms with E-state index in [4.69, 9.17) is 23.2 Å². The van der Waals surface area contributed by atoms with Crippen LogP contribution in [0.15, 0.2) is 77.7 Å². The Balaban J connectivity index is 2.05. The molecule has 1 N–H and O–H groups in total. The average molecular weight is 548 g/mol. The topological polar surface area (TPSA) is 86.8 Å². The maximum Gasteiger partial charge on any atom is 0.264 e. The number of hydrogen-bond acceptors (Lipinski definition) is 4. The highest BCUT2D eigenvalue weighted by Gasteiger charge is 2.33. The van der Waals surface area contributed by atoms with Crippen LogP contribution in [0.2, 0.25) is 10.0 Å². The molecule has 0 radical (unpaired) electrons. The molecule has 0 saturated carbocycles. The number of halogens is 2. The molecule has 0 bridgehead atoms. The summed E-state index contributed by atoms with van der Waals surface area (Å²) in [5.74, 6) is -0.971. The monoisotopic (exact) mass is 547 g/mol. The number of hydrogen-bond donors (Lipinski definition) is 1. The molecule has 0 saturated heterocycles. The number of para-hydroxylation sites is 1. The molecule has 0 aliphatic carbocycles. The number of nitrogens with zero attached hydrogens (tertiary/aromatic N) is 2. The molecular formula is C26H27Cl2N3O4S. The van der Waals surface area contributed by atoms with Gasteiger partial charge in [-0.2, -0.15) is 0 Å². The van der Waals surface area contributed by atoms with Crippen molar-refractivity contribution in [2.45, 2.75) is 31.3 Å². The lowest BCUT2D eigenvalue weighted by molar-refractivity contribution is -0.139. The predicted octanol–water partition coefficient (Wildman–Crippen LogP) is 4.66. The molecule has 3 aromatic rings. The van der Waals surface area contributed by atoms with Crippen molar-refractivity contribution in [1.29, 1.82) is 0 Å². The molecular weight excluding hydrogens is 521 g/mol. The summed E-state index contributed by atoms with van der Waals surface area (Å²) in [5, 5.41) is 3.30. The summed E-state index contributed by atoms with van der Waals surface area (Å²) in [6.07, 6.45) is 0. The molecule has 0 spiro atoms. The summed E-state index contributed by atoms with van der Waals surface area (Å²) >= 11 is 12.4. The summed E-state index contributed by atoms with van der Waals surface area (Å²) in [4.78, 5) is 27.6. The van der Waals surface area contributed by atoms with Crippen LogP contribution in [0.1, 0.15) is 18.1 Å². The summed E-state index contributed by atoms with van der Waals surface area (Å²) in [6, 6.07) is 18.8. The predicted molar refractivity (Wildman–Crippen MR) is 143 cm³/mol. The molecule has 0 fully saturated rings. The van der Waals surface area contributed by atoms with Crippen molar-refractivity contribution in [3.63, 3.8) is 0 Å². The van der Waals surface area contributed by atoms with E-state index in [1.807, 2.05) is 0 Å². The molecule has 1 unspecified atom stereocenters. The van der Waals surface area contributed by atoms with Crippen molar-refractivity contribution in [3.05, 3.63) is 94.0 Å². The minimum absolute atomic E-state index is 0.0174. The Morgan fingerprint density at radius 2 is 1.61 bits per heavy atom. The second-order valence-electron chi connectivity index (χ2n) is 8.16. The molecule has 1 atom stereocenters. The van der Waals surface area contributed by atoms with Gasteiger partial charge in [-0.15, -0.1) is 0 Å². The SMILES string of the molecule is CNC(=O)C(C)N(Cc1ccc(Cl)cc1Cl)C(=O)CN(c1ccccc1C)S(=O)(=O)c1ccccc1.